The Balaban J connectivity index is 0.00000288. The van der Waals surface area contributed by atoms with E-state index in [2.05, 4.69) is 17.6 Å². The van der Waals surface area contributed by atoms with E-state index < -0.39 is 10.0 Å². The van der Waals surface area contributed by atoms with E-state index in [1.165, 1.54) is 6.26 Å². The Labute approximate surface area is 163 Å². The van der Waals surface area contributed by atoms with Gasteiger partial charge in [0, 0.05) is 45.4 Å². The zero-order chi connectivity index (χ0) is 16.7. The minimum Gasteiger partial charge on any atom is -0.381 e. The second-order valence-electron chi connectivity index (χ2n) is 6.36. The van der Waals surface area contributed by atoms with Crippen molar-refractivity contribution >= 4 is 40.0 Å². The lowest BCUT2D eigenvalue weighted by Crippen LogP contribution is -2.46. The highest BCUT2D eigenvalue weighted by Crippen LogP contribution is 2.19. The molecule has 0 radical (unpaired) electrons. The fourth-order valence-electron chi connectivity index (χ4n) is 3.00. The highest BCUT2D eigenvalue weighted by atomic mass is 127. The van der Waals surface area contributed by atoms with Gasteiger partial charge < -0.3 is 15.4 Å². The van der Waals surface area contributed by atoms with Crippen LogP contribution in [0, 0.1) is 5.92 Å². The number of guanidine groups is 1. The molecule has 24 heavy (non-hydrogen) atoms. The predicted molar refractivity (Wildman–Crippen MR) is 108 cm³/mol. The van der Waals surface area contributed by atoms with Crippen LogP contribution in [0.4, 0.5) is 0 Å². The summed E-state index contributed by atoms with van der Waals surface area (Å²) in [5.74, 6) is 1.32. The van der Waals surface area contributed by atoms with Crippen LogP contribution >= 0.6 is 24.0 Å². The van der Waals surface area contributed by atoms with Gasteiger partial charge in [-0.1, -0.05) is 0 Å². The molecule has 0 bridgehead atoms. The van der Waals surface area contributed by atoms with Crippen LogP contribution in [0.2, 0.25) is 0 Å². The minimum atomic E-state index is -3.05. The third-order valence-corrected chi connectivity index (χ3v) is 5.76. The van der Waals surface area contributed by atoms with Gasteiger partial charge in [-0.25, -0.2) is 12.7 Å². The monoisotopic (exact) mass is 474 g/mol. The Morgan fingerprint density at radius 2 is 1.83 bits per heavy atom. The number of nitrogens with zero attached hydrogens (tertiary/aromatic N) is 2. The molecular weight excluding hydrogens is 443 g/mol. The van der Waals surface area contributed by atoms with E-state index in [-0.39, 0.29) is 24.0 Å². The van der Waals surface area contributed by atoms with Gasteiger partial charge in [-0.15, -0.1) is 24.0 Å². The van der Waals surface area contributed by atoms with Crippen LogP contribution in [-0.4, -0.2) is 70.4 Å². The fourth-order valence-corrected chi connectivity index (χ4v) is 3.87. The van der Waals surface area contributed by atoms with Gasteiger partial charge in [0.25, 0.3) is 0 Å². The summed E-state index contributed by atoms with van der Waals surface area (Å²) in [6, 6.07) is 0.425. The normalized spacial score (nSPS) is 22.0. The number of piperidine rings is 1. The topological polar surface area (TPSA) is 83.0 Å². The molecule has 2 saturated heterocycles. The summed E-state index contributed by atoms with van der Waals surface area (Å²) in [5, 5.41) is 6.78. The molecule has 2 heterocycles. The average Bonchev–Trinajstić information content (AvgIpc) is 2.53. The molecule has 0 saturated carbocycles. The van der Waals surface area contributed by atoms with Crippen molar-refractivity contribution < 1.29 is 13.2 Å². The van der Waals surface area contributed by atoms with Crippen molar-refractivity contribution in [2.24, 2.45) is 10.9 Å². The molecule has 7 nitrogen and oxygen atoms in total. The smallest absolute Gasteiger partial charge is 0.211 e. The number of hydrogen-bond acceptors (Lipinski definition) is 4. The molecule has 0 aliphatic carbocycles. The zero-order valence-corrected chi connectivity index (χ0v) is 17.8. The van der Waals surface area contributed by atoms with Crippen LogP contribution in [0.25, 0.3) is 0 Å². The van der Waals surface area contributed by atoms with Crippen molar-refractivity contribution in [3.63, 3.8) is 0 Å². The van der Waals surface area contributed by atoms with Crippen molar-refractivity contribution in [2.45, 2.75) is 38.6 Å². The molecule has 0 aromatic rings. The number of nitrogens with one attached hydrogen (secondary N) is 2. The molecule has 9 heteroatoms. The first kappa shape index (κ1) is 21.9. The first-order chi connectivity index (χ1) is 11.0. The highest BCUT2D eigenvalue weighted by molar-refractivity contribution is 14.0. The number of sulfonamides is 1. The fraction of sp³-hybridized carbons (Fsp3) is 0.933. The molecular formula is C15H31IN4O3S. The highest BCUT2D eigenvalue weighted by Gasteiger charge is 2.24. The van der Waals surface area contributed by atoms with Gasteiger partial charge in [0.2, 0.25) is 10.0 Å². The molecule has 2 fully saturated rings. The molecule has 2 rings (SSSR count). The van der Waals surface area contributed by atoms with Gasteiger partial charge >= 0.3 is 0 Å². The van der Waals surface area contributed by atoms with E-state index >= 15 is 0 Å². The second kappa shape index (κ2) is 10.8. The summed E-state index contributed by atoms with van der Waals surface area (Å²) in [6.45, 7) is 6.48. The molecule has 0 unspecified atom stereocenters. The van der Waals surface area contributed by atoms with Gasteiger partial charge in [0.1, 0.15) is 0 Å². The first-order valence-electron chi connectivity index (χ1n) is 8.56. The molecule has 0 aromatic carbocycles. The first-order valence-corrected chi connectivity index (χ1v) is 10.4. The Morgan fingerprint density at radius 1 is 1.21 bits per heavy atom. The van der Waals surface area contributed by atoms with Crippen molar-refractivity contribution in [2.75, 3.05) is 45.6 Å². The number of rotatable bonds is 5. The Kier molecular flexibility index (Phi) is 9.83. The summed E-state index contributed by atoms with van der Waals surface area (Å²) in [6.07, 6.45) is 5.07. The third-order valence-electron chi connectivity index (χ3n) is 4.46. The maximum absolute atomic E-state index is 11.5. The van der Waals surface area contributed by atoms with Gasteiger partial charge in [-0.2, -0.15) is 0 Å². The largest absolute Gasteiger partial charge is 0.381 e. The summed E-state index contributed by atoms with van der Waals surface area (Å²) in [5.41, 5.74) is 0. The van der Waals surface area contributed by atoms with Crippen molar-refractivity contribution in [1.82, 2.24) is 14.9 Å². The van der Waals surface area contributed by atoms with Gasteiger partial charge in [-0.05, 0) is 38.5 Å². The maximum atomic E-state index is 11.5. The maximum Gasteiger partial charge on any atom is 0.211 e. The van der Waals surface area contributed by atoms with E-state index in [4.69, 9.17) is 9.73 Å². The van der Waals surface area contributed by atoms with Crippen LogP contribution < -0.4 is 10.6 Å². The standard InChI is InChI=1S/C15H30N4O3S.HI/c1-3-16-15(18-14-6-10-22-11-7-14)17-12-13-4-8-19(9-5-13)23(2,20)21;/h13-14H,3-12H2,1-2H3,(H2,16,17,18);1H. The van der Waals surface area contributed by atoms with Gasteiger partial charge in [0.15, 0.2) is 5.96 Å². The predicted octanol–water partition coefficient (Wildman–Crippen LogP) is 1.01. The molecule has 2 aliphatic rings. The quantitative estimate of drug-likeness (QED) is 0.353. The van der Waals surface area contributed by atoms with Crippen LogP contribution in [0.15, 0.2) is 4.99 Å². The van der Waals surface area contributed by atoms with Crippen LogP contribution in [0.3, 0.4) is 0 Å². The van der Waals surface area contributed by atoms with E-state index in [1.54, 1.807) is 4.31 Å². The van der Waals surface area contributed by atoms with Gasteiger partial charge in [-0.3, -0.25) is 4.99 Å². The van der Waals surface area contributed by atoms with Crippen molar-refractivity contribution in [3.8, 4) is 0 Å². The van der Waals surface area contributed by atoms with E-state index in [0.717, 1.165) is 57.9 Å². The molecule has 2 N–H and O–H groups in total. The van der Waals surface area contributed by atoms with E-state index in [1.807, 2.05) is 0 Å². The second-order valence-corrected chi connectivity index (χ2v) is 8.34. The average molecular weight is 474 g/mol. The van der Waals surface area contributed by atoms with Crippen LogP contribution in [0.5, 0.6) is 0 Å². The molecule has 0 atom stereocenters. The number of ether oxygens (including phenoxy) is 1. The molecule has 2 aliphatic heterocycles. The number of hydrogen-bond donors (Lipinski definition) is 2. The van der Waals surface area contributed by atoms with Crippen LogP contribution in [0.1, 0.15) is 32.6 Å². The minimum absolute atomic E-state index is 0. The molecule has 0 amide bonds. The van der Waals surface area contributed by atoms with Crippen LogP contribution in [-0.2, 0) is 14.8 Å². The van der Waals surface area contributed by atoms with Gasteiger partial charge in [0.05, 0.1) is 6.26 Å². The summed E-state index contributed by atoms with van der Waals surface area (Å²) in [7, 11) is -3.05. The summed E-state index contributed by atoms with van der Waals surface area (Å²) >= 11 is 0. The Hall–Kier alpha value is -0.130. The molecule has 0 aromatic heterocycles. The van der Waals surface area contributed by atoms with Crippen molar-refractivity contribution in [3.05, 3.63) is 0 Å². The van der Waals surface area contributed by atoms with E-state index in [0.29, 0.717) is 25.0 Å². The summed E-state index contributed by atoms with van der Waals surface area (Å²) < 4.78 is 30.0. The Bertz CT molecular complexity index is 487. The van der Waals surface area contributed by atoms with Crippen molar-refractivity contribution in [1.29, 1.82) is 0 Å². The lowest BCUT2D eigenvalue weighted by molar-refractivity contribution is 0.0822. The SMILES string of the molecule is CCNC(=NCC1CCN(S(C)(=O)=O)CC1)NC1CCOCC1.I. The lowest BCUT2D eigenvalue weighted by Gasteiger charge is -2.30. The number of aliphatic imine (C=N–C) groups is 1. The van der Waals surface area contributed by atoms with E-state index in [9.17, 15) is 8.42 Å². The third kappa shape index (κ3) is 7.40. The zero-order valence-electron chi connectivity index (χ0n) is 14.7. The molecule has 142 valence electrons. The Morgan fingerprint density at radius 3 is 2.38 bits per heavy atom. The molecule has 0 spiro atoms. The lowest BCUT2D eigenvalue weighted by atomic mass is 9.98. The summed E-state index contributed by atoms with van der Waals surface area (Å²) in [4.78, 5) is 4.70. The number of halogens is 1.